The van der Waals surface area contributed by atoms with Crippen LogP contribution in [0.15, 0.2) is 24.3 Å². The minimum Gasteiger partial charge on any atom is -0.339 e. The van der Waals surface area contributed by atoms with E-state index < -0.39 is 0 Å². The van der Waals surface area contributed by atoms with E-state index in [-0.39, 0.29) is 11.8 Å². The molecule has 0 N–H and O–H groups in total. The van der Waals surface area contributed by atoms with Crippen molar-refractivity contribution in [3.8, 4) is 0 Å². The maximum Gasteiger partial charge on any atom is 0.241 e. The Morgan fingerprint density at radius 3 is 2.29 bits per heavy atom. The van der Waals surface area contributed by atoms with Crippen LogP contribution >= 0.6 is 0 Å². The number of anilines is 1. The lowest BCUT2D eigenvalue weighted by Gasteiger charge is -2.38. The number of piperazine rings is 1. The van der Waals surface area contributed by atoms with Crippen LogP contribution in [0.2, 0.25) is 0 Å². The molecule has 2 fully saturated rings. The van der Waals surface area contributed by atoms with Crippen LogP contribution < -0.4 is 4.90 Å². The Bertz CT molecular complexity index is 714. The molecule has 0 aliphatic carbocycles. The molecule has 0 radical (unpaired) electrons. The third kappa shape index (κ3) is 4.23. The first-order valence-corrected chi connectivity index (χ1v) is 10.7. The normalized spacial score (nSPS) is 23.7. The standard InChI is InChI=1S/C22H32N4O2/c1-18-6-4-5-10-25(18)21(27)16-23-12-14-24(15-13-23)17-22(28)26-11-9-19-7-2-3-8-20(19)26/h2-3,7-8,18H,4-6,9-17H2,1H3. The molecule has 2 amide bonds. The van der Waals surface area contributed by atoms with E-state index >= 15 is 0 Å². The fourth-order valence-electron chi connectivity index (χ4n) is 4.73. The SMILES string of the molecule is CC1CCCCN1C(=O)CN1CCN(CC(=O)N2CCc3ccccc32)CC1. The summed E-state index contributed by atoms with van der Waals surface area (Å²) in [7, 11) is 0. The van der Waals surface area contributed by atoms with Gasteiger partial charge in [-0.15, -0.1) is 0 Å². The summed E-state index contributed by atoms with van der Waals surface area (Å²) in [6.45, 7) is 8.28. The molecule has 3 aliphatic heterocycles. The van der Waals surface area contributed by atoms with Crippen LogP contribution in [-0.4, -0.2) is 84.9 Å². The molecule has 3 heterocycles. The number of rotatable bonds is 4. The summed E-state index contributed by atoms with van der Waals surface area (Å²) in [5.41, 5.74) is 2.35. The zero-order valence-corrected chi connectivity index (χ0v) is 17.0. The summed E-state index contributed by atoms with van der Waals surface area (Å²) >= 11 is 0. The lowest BCUT2D eigenvalue weighted by molar-refractivity contribution is -0.136. The Kier molecular flexibility index (Phi) is 5.97. The van der Waals surface area contributed by atoms with Crippen LogP contribution in [0.5, 0.6) is 0 Å². The van der Waals surface area contributed by atoms with Crippen molar-refractivity contribution in [1.29, 1.82) is 0 Å². The molecule has 4 rings (SSSR count). The van der Waals surface area contributed by atoms with E-state index in [1.54, 1.807) is 0 Å². The number of amides is 2. The van der Waals surface area contributed by atoms with Gasteiger partial charge in [0, 0.05) is 51.0 Å². The average molecular weight is 385 g/mol. The molecule has 0 saturated carbocycles. The third-order valence-electron chi connectivity index (χ3n) is 6.49. The van der Waals surface area contributed by atoms with Crippen molar-refractivity contribution < 1.29 is 9.59 Å². The van der Waals surface area contributed by atoms with E-state index in [9.17, 15) is 9.59 Å². The van der Waals surface area contributed by atoms with Gasteiger partial charge in [-0.05, 0) is 44.2 Å². The summed E-state index contributed by atoms with van der Waals surface area (Å²) in [5.74, 6) is 0.460. The summed E-state index contributed by atoms with van der Waals surface area (Å²) < 4.78 is 0. The Morgan fingerprint density at radius 2 is 1.57 bits per heavy atom. The van der Waals surface area contributed by atoms with Gasteiger partial charge in [-0.2, -0.15) is 0 Å². The Balaban J connectivity index is 1.23. The Hall–Kier alpha value is -1.92. The number of hydrogen-bond acceptors (Lipinski definition) is 4. The van der Waals surface area contributed by atoms with Crippen LogP contribution in [0.4, 0.5) is 5.69 Å². The molecule has 0 spiro atoms. The van der Waals surface area contributed by atoms with E-state index in [1.807, 2.05) is 23.1 Å². The zero-order valence-electron chi connectivity index (χ0n) is 17.0. The molecule has 1 aromatic rings. The van der Waals surface area contributed by atoms with E-state index in [0.717, 1.165) is 64.2 Å². The van der Waals surface area contributed by atoms with Crippen molar-refractivity contribution in [2.24, 2.45) is 0 Å². The van der Waals surface area contributed by atoms with Crippen molar-refractivity contribution in [2.45, 2.75) is 38.6 Å². The number of fused-ring (bicyclic) bond motifs is 1. The van der Waals surface area contributed by atoms with Crippen LogP contribution in [0, 0.1) is 0 Å². The summed E-state index contributed by atoms with van der Waals surface area (Å²) in [5, 5.41) is 0. The molecule has 6 nitrogen and oxygen atoms in total. The van der Waals surface area contributed by atoms with Crippen LogP contribution in [0.25, 0.3) is 0 Å². The molecular weight excluding hydrogens is 352 g/mol. The first-order chi connectivity index (χ1) is 13.6. The summed E-state index contributed by atoms with van der Waals surface area (Å²) in [4.78, 5) is 33.9. The largest absolute Gasteiger partial charge is 0.339 e. The minimum absolute atomic E-state index is 0.191. The molecule has 1 atom stereocenters. The predicted octanol–water partition coefficient (Wildman–Crippen LogP) is 1.59. The average Bonchev–Trinajstić information content (AvgIpc) is 3.14. The third-order valence-corrected chi connectivity index (χ3v) is 6.49. The number of para-hydroxylation sites is 1. The van der Waals surface area contributed by atoms with Gasteiger partial charge in [0.25, 0.3) is 0 Å². The maximum absolute atomic E-state index is 12.8. The zero-order chi connectivity index (χ0) is 19.5. The number of piperidine rings is 1. The minimum atomic E-state index is 0.191. The number of carbonyl (C=O) groups excluding carboxylic acids is 2. The van der Waals surface area contributed by atoms with Crippen molar-refractivity contribution in [1.82, 2.24) is 14.7 Å². The number of hydrogen-bond donors (Lipinski definition) is 0. The first kappa shape index (κ1) is 19.4. The van der Waals surface area contributed by atoms with Crippen LogP contribution in [-0.2, 0) is 16.0 Å². The summed E-state index contributed by atoms with van der Waals surface area (Å²) in [6.07, 6.45) is 4.44. The second kappa shape index (κ2) is 8.62. The van der Waals surface area contributed by atoms with Gasteiger partial charge in [-0.25, -0.2) is 0 Å². The summed E-state index contributed by atoms with van der Waals surface area (Å²) in [6, 6.07) is 8.58. The topological polar surface area (TPSA) is 47.1 Å². The highest BCUT2D eigenvalue weighted by molar-refractivity contribution is 5.96. The predicted molar refractivity (Wildman–Crippen MR) is 110 cm³/mol. The molecule has 3 aliphatic rings. The van der Waals surface area contributed by atoms with Crippen molar-refractivity contribution in [3.05, 3.63) is 29.8 Å². The molecule has 0 bridgehead atoms. The van der Waals surface area contributed by atoms with Crippen LogP contribution in [0.3, 0.4) is 0 Å². The van der Waals surface area contributed by atoms with Crippen molar-refractivity contribution in [3.63, 3.8) is 0 Å². The Morgan fingerprint density at radius 1 is 0.893 bits per heavy atom. The number of carbonyl (C=O) groups is 2. The Labute approximate surface area is 168 Å². The van der Waals surface area contributed by atoms with Gasteiger partial charge >= 0.3 is 0 Å². The molecule has 2 saturated heterocycles. The molecule has 1 unspecified atom stereocenters. The second-order valence-electron chi connectivity index (χ2n) is 8.41. The van der Waals surface area contributed by atoms with Crippen LogP contribution in [0.1, 0.15) is 31.7 Å². The molecule has 6 heteroatoms. The van der Waals surface area contributed by atoms with Gasteiger partial charge in [-0.3, -0.25) is 19.4 Å². The van der Waals surface area contributed by atoms with E-state index in [1.165, 1.54) is 12.0 Å². The van der Waals surface area contributed by atoms with E-state index in [2.05, 4.69) is 27.7 Å². The van der Waals surface area contributed by atoms with Gasteiger partial charge in [0.15, 0.2) is 0 Å². The quantitative estimate of drug-likeness (QED) is 0.791. The van der Waals surface area contributed by atoms with E-state index in [0.29, 0.717) is 19.1 Å². The molecule has 0 aromatic heterocycles. The van der Waals surface area contributed by atoms with E-state index in [4.69, 9.17) is 0 Å². The number of nitrogens with zero attached hydrogens (tertiary/aromatic N) is 4. The van der Waals surface area contributed by atoms with Crippen molar-refractivity contribution >= 4 is 17.5 Å². The lowest BCUT2D eigenvalue weighted by Crippen LogP contribution is -2.53. The fourth-order valence-corrected chi connectivity index (χ4v) is 4.73. The smallest absolute Gasteiger partial charge is 0.241 e. The van der Waals surface area contributed by atoms with Gasteiger partial charge in [0.2, 0.25) is 11.8 Å². The highest BCUT2D eigenvalue weighted by atomic mass is 16.2. The number of likely N-dealkylation sites (tertiary alicyclic amines) is 1. The molecular formula is C22H32N4O2. The van der Waals surface area contributed by atoms with Gasteiger partial charge in [0.05, 0.1) is 13.1 Å². The molecule has 28 heavy (non-hydrogen) atoms. The van der Waals surface area contributed by atoms with Gasteiger partial charge in [0.1, 0.15) is 0 Å². The van der Waals surface area contributed by atoms with Crippen molar-refractivity contribution in [2.75, 3.05) is 57.3 Å². The fraction of sp³-hybridized carbons (Fsp3) is 0.636. The maximum atomic E-state index is 12.8. The monoisotopic (exact) mass is 384 g/mol. The first-order valence-electron chi connectivity index (χ1n) is 10.7. The van der Waals surface area contributed by atoms with Gasteiger partial charge < -0.3 is 9.80 Å². The lowest BCUT2D eigenvalue weighted by atomic mass is 10.0. The molecule has 152 valence electrons. The molecule has 1 aromatic carbocycles. The van der Waals surface area contributed by atoms with Gasteiger partial charge in [-0.1, -0.05) is 18.2 Å². The highest BCUT2D eigenvalue weighted by Crippen LogP contribution is 2.27. The number of benzene rings is 1. The highest BCUT2D eigenvalue weighted by Gasteiger charge is 2.29. The second-order valence-corrected chi connectivity index (χ2v) is 8.41.